The van der Waals surface area contributed by atoms with Gasteiger partial charge in [-0.25, -0.2) is 0 Å². The highest BCUT2D eigenvalue weighted by atomic mass is 79.9. The van der Waals surface area contributed by atoms with Crippen molar-refractivity contribution in [1.82, 2.24) is 4.57 Å². The largest absolute Gasteiger partial charge is 0.392 e. The lowest BCUT2D eigenvalue weighted by Gasteiger charge is -2.29. The third kappa shape index (κ3) is 2.84. The van der Waals surface area contributed by atoms with Crippen LogP contribution in [0.5, 0.6) is 0 Å². The van der Waals surface area contributed by atoms with Gasteiger partial charge in [-0.1, -0.05) is 0 Å². The van der Waals surface area contributed by atoms with Gasteiger partial charge in [0.2, 0.25) is 0 Å². The second-order valence-corrected chi connectivity index (χ2v) is 5.59. The van der Waals surface area contributed by atoms with E-state index in [1.165, 1.54) is 0 Å². The van der Waals surface area contributed by atoms with E-state index in [0.29, 0.717) is 10.6 Å². The highest BCUT2D eigenvalue weighted by Gasteiger charge is 2.23. The summed E-state index contributed by atoms with van der Waals surface area (Å²) < 4.78 is 7.61. The molecule has 1 heterocycles. The van der Waals surface area contributed by atoms with E-state index in [2.05, 4.69) is 15.9 Å². The van der Waals surface area contributed by atoms with Crippen LogP contribution in [0.4, 0.5) is 0 Å². The van der Waals surface area contributed by atoms with E-state index in [4.69, 9.17) is 4.74 Å². The number of aliphatic hydroxyl groups is 1. The quantitative estimate of drug-likeness (QED) is 0.930. The highest BCUT2D eigenvalue weighted by molar-refractivity contribution is 9.10. The van der Waals surface area contributed by atoms with Crippen LogP contribution < -0.4 is 5.56 Å². The molecule has 1 N–H and O–H groups in total. The zero-order chi connectivity index (χ0) is 13.1. The molecule has 1 aliphatic carbocycles. The zero-order valence-corrected chi connectivity index (χ0v) is 12.0. The minimum Gasteiger partial charge on any atom is -0.392 e. The summed E-state index contributed by atoms with van der Waals surface area (Å²) in [6.45, 7) is -0.0493. The molecule has 4 nitrogen and oxygen atoms in total. The molecule has 0 bridgehead atoms. The SMILES string of the molecule is COC1CCC(n2cc(CO)cc(Br)c2=O)CC1. The number of halogens is 1. The number of ether oxygens (including phenoxy) is 1. The smallest absolute Gasteiger partial charge is 0.265 e. The molecular formula is C13H18BrNO3. The Kier molecular flexibility index (Phi) is 4.59. The first-order chi connectivity index (χ1) is 8.65. The molecule has 0 saturated heterocycles. The first-order valence-electron chi connectivity index (χ1n) is 6.20. The fourth-order valence-electron chi connectivity index (χ4n) is 2.54. The molecule has 1 aromatic rings. The van der Waals surface area contributed by atoms with Crippen LogP contribution in [0, 0.1) is 0 Å². The van der Waals surface area contributed by atoms with Crippen LogP contribution in [-0.2, 0) is 11.3 Å². The van der Waals surface area contributed by atoms with Gasteiger partial charge in [-0.3, -0.25) is 4.79 Å². The van der Waals surface area contributed by atoms with Crippen molar-refractivity contribution in [2.45, 2.75) is 44.4 Å². The van der Waals surface area contributed by atoms with Crippen molar-refractivity contribution in [3.05, 3.63) is 32.7 Å². The fraction of sp³-hybridized carbons (Fsp3) is 0.615. The maximum atomic E-state index is 12.1. The predicted molar refractivity (Wildman–Crippen MR) is 72.6 cm³/mol. The topological polar surface area (TPSA) is 51.5 Å². The molecule has 0 unspecified atom stereocenters. The van der Waals surface area contributed by atoms with Crippen LogP contribution >= 0.6 is 15.9 Å². The molecular weight excluding hydrogens is 298 g/mol. The molecule has 100 valence electrons. The van der Waals surface area contributed by atoms with Crippen molar-refractivity contribution >= 4 is 15.9 Å². The number of hydrogen-bond acceptors (Lipinski definition) is 3. The number of methoxy groups -OCH3 is 1. The van der Waals surface area contributed by atoms with Crippen molar-refractivity contribution in [3.63, 3.8) is 0 Å². The predicted octanol–water partition coefficient (Wildman–Crippen LogP) is 2.23. The first kappa shape index (κ1) is 13.8. The molecule has 0 aliphatic heterocycles. The van der Waals surface area contributed by atoms with Gasteiger partial charge in [-0.15, -0.1) is 0 Å². The third-order valence-corrected chi connectivity index (χ3v) is 4.18. The van der Waals surface area contributed by atoms with Crippen LogP contribution in [0.2, 0.25) is 0 Å². The van der Waals surface area contributed by atoms with Crippen LogP contribution in [0.1, 0.15) is 37.3 Å². The molecule has 18 heavy (non-hydrogen) atoms. The van der Waals surface area contributed by atoms with Crippen LogP contribution in [0.3, 0.4) is 0 Å². The average Bonchev–Trinajstić information content (AvgIpc) is 2.42. The second kappa shape index (κ2) is 5.99. The van der Waals surface area contributed by atoms with E-state index >= 15 is 0 Å². The Morgan fingerprint density at radius 1 is 1.44 bits per heavy atom. The number of nitrogens with zero attached hydrogens (tertiary/aromatic N) is 1. The summed E-state index contributed by atoms with van der Waals surface area (Å²) >= 11 is 3.26. The van der Waals surface area contributed by atoms with Gasteiger partial charge in [0.15, 0.2) is 0 Å². The lowest BCUT2D eigenvalue weighted by molar-refractivity contribution is 0.0579. The second-order valence-electron chi connectivity index (χ2n) is 4.73. The van der Waals surface area contributed by atoms with E-state index in [1.807, 2.05) is 0 Å². The van der Waals surface area contributed by atoms with Crippen molar-refractivity contribution in [1.29, 1.82) is 0 Å². The molecule has 1 aliphatic rings. The van der Waals surface area contributed by atoms with E-state index in [9.17, 15) is 9.90 Å². The Hall–Kier alpha value is -0.650. The van der Waals surface area contributed by atoms with Crippen LogP contribution in [0.15, 0.2) is 21.5 Å². The summed E-state index contributed by atoms with van der Waals surface area (Å²) in [5, 5.41) is 9.20. The summed E-state index contributed by atoms with van der Waals surface area (Å²) in [5.41, 5.74) is 0.739. The summed E-state index contributed by atoms with van der Waals surface area (Å²) in [7, 11) is 1.74. The van der Waals surface area contributed by atoms with Gasteiger partial charge < -0.3 is 14.4 Å². The van der Waals surface area contributed by atoms with E-state index in [-0.39, 0.29) is 18.2 Å². The van der Waals surface area contributed by atoms with Crippen LogP contribution in [-0.4, -0.2) is 22.9 Å². The van der Waals surface area contributed by atoms with Gasteiger partial charge in [0.25, 0.3) is 5.56 Å². The van der Waals surface area contributed by atoms with Gasteiger partial charge in [0.1, 0.15) is 0 Å². The average molecular weight is 316 g/mol. The molecule has 0 atom stereocenters. The highest BCUT2D eigenvalue weighted by Crippen LogP contribution is 2.29. The summed E-state index contributed by atoms with van der Waals surface area (Å²) in [6.07, 6.45) is 5.94. The molecule has 1 fully saturated rings. The minimum atomic E-state index is -0.0493. The van der Waals surface area contributed by atoms with Crippen LogP contribution in [0.25, 0.3) is 0 Å². The lowest BCUT2D eigenvalue weighted by atomic mass is 9.92. The molecule has 2 rings (SSSR count). The van der Waals surface area contributed by atoms with Gasteiger partial charge in [-0.05, 0) is 53.2 Å². The molecule has 1 saturated carbocycles. The van der Waals surface area contributed by atoms with Gasteiger partial charge >= 0.3 is 0 Å². The van der Waals surface area contributed by atoms with Gasteiger partial charge in [0.05, 0.1) is 17.2 Å². The fourth-order valence-corrected chi connectivity index (χ4v) is 3.04. The summed E-state index contributed by atoms with van der Waals surface area (Å²) in [6, 6.07) is 1.89. The van der Waals surface area contributed by atoms with Gasteiger partial charge in [-0.2, -0.15) is 0 Å². The van der Waals surface area contributed by atoms with Gasteiger partial charge in [0, 0.05) is 19.3 Å². The Morgan fingerprint density at radius 2 is 2.11 bits per heavy atom. The third-order valence-electron chi connectivity index (χ3n) is 3.61. The Labute approximate surface area is 115 Å². The van der Waals surface area contributed by atoms with Crippen molar-refractivity contribution in [3.8, 4) is 0 Å². The monoisotopic (exact) mass is 315 g/mol. The maximum Gasteiger partial charge on any atom is 0.265 e. The first-order valence-corrected chi connectivity index (χ1v) is 6.99. The molecule has 0 amide bonds. The Balaban J connectivity index is 2.23. The Bertz CT molecular complexity index is 464. The van der Waals surface area contributed by atoms with Crippen molar-refractivity contribution in [2.24, 2.45) is 0 Å². The molecule has 0 spiro atoms. The van der Waals surface area contributed by atoms with E-state index in [1.54, 1.807) is 23.9 Å². The summed E-state index contributed by atoms with van der Waals surface area (Å²) in [5.74, 6) is 0. The molecule has 0 aromatic carbocycles. The summed E-state index contributed by atoms with van der Waals surface area (Å²) in [4.78, 5) is 12.1. The normalized spacial score (nSPS) is 24.2. The minimum absolute atomic E-state index is 0.0203. The zero-order valence-electron chi connectivity index (χ0n) is 10.4. The maximum absolute atomic E-state index is 12.1. The molecule has 1 aromatic heterocycles. The van der Waals surface area contributed by atoms with Crippen molar-refractivity contribution in [2.75, 3.05) is 7.11 Å². The standard InChI is InChI=1S/C13H18BrNO3/c1-18-11-4-2-10(3-5-11)15-7-9(8-16)6-12(14)13(15)17/h6-7,10-11,16H,2-5,8H2,1H3. The number of aliphatic hydroxyl groups excluding tert-OH is 1. The number of aromatic nitrogens is 1. The molecule has 0 radical (unpaired) electrons. The molecule has 5 heteroatoms. The van der Waals surface area contributed by atoms with Crippen molar-refractivity contribution < 1.29 is 9.84 Å². The van der Waals surface area contributed by atoms with E-state index < -0.39 is 0 Å². The van der Waals surface area contributed by atoms with E-state index in [0.717, 1.165) is 31.2 Å². The Morgan fingerprint density at radius 3 is 2.67 bits per heavy atom. The number of pyridine rings is 1. The number of rotatable bonds is 3. The number of hydrogen-bond donors (Lipinski definition) is 1. The lowest BCUT2D eigenvalue weighted by Crippen LogP contribution is -2.30.